The average Bonchev–Trinajstić information content (AvgIpc) is 3.79. The van der Waals surface area contributed by atoms with E-state index >= 15 is 0 Å². The van der Waals surface area contributed by atoms with Crippen molar-refractivity contribution in [1.82, 2.24) is 0 Å². The first-order valence-electron chi connectivity index (χ1n) is 17.8. The second kappa shape index (κ2) is 20.6. The first kappa shape index (κ1) is 35.4. The fourth-order valence-electron chi connectivity index (χ4n) is 8.04. The zero-order valence-electron chi connectivity index (χ0n) is 26.7. The molecule has 5 heteroatoms. The van der Waals surface area contributed by atoms with Crippen LogP contribution in [0.4, 0.5) is 0 Å². The normalized spacial score (nSPS) is 21.8. The average molecular weight is 715 g/mol. The molecular formula is C38H58O2P2Pd. The van der Waals surface area contributed by atoms with Crippen LogP contribution in [0.3, 0.4) is 0 Å². The van der Waals surface area contributed by atoms with Crippen molar-refractivity contribution in [1.29, 1.82) is 0 Å². The fraction of sp³-hybridized carbons (Fsp3) is 0.684. The van der Waals surface area contributed by atoms with Gasteiger partial charge in [0.2, 0.25) is 0 Å². The smallest absolute Gasteiger partial charge is 0.107 e. The molecule has 2 aromatic heterocycles. The summed E-state index contributed by atoms with van der Waals surface area (Å²) in [5.41, 5.74) is 4.07. The van der Waals surface area contributed by atoms with E-state index in [2.05, 4.69) is 35.9 Å². The minimum Gasteiger partial charge on any atom is -0.469 e. The number of hydrogen-bond acceptors (Lipinski definition) is 2. The molecule has 242 valence electrons. The summed E-state index contributed by atoms with van der Waals surface area (Å²) in [6, 6.07) is 8.17. The molecule has 0 radical (unpaired) electrons. The molecule has 0 aromatic carbocycles. The van der Waals surface area contributed by atoms with Crippen LogP contribution < -0.4 is 0 Å². The Morgan fingerprint density at radius 1 is 0.488 bits per heavy atom. The van der Waals surface area contributed by atoms with Crippen LogP contribution in [0, 0.1) is 0 Å². The predicted octanol–water partition coefficient (Wildman–Crippen LogP) is 13.0. The predicted molar refractivity (Wildman–Crippen MR) is 184 cm³/mol. The van der Waals surface area contributed by atoms with Gasteiger partial charge < -0.3 is 8.83 Å². The molecule has 0 bridgehead atoms. The van der Waals surface area contributed by atoms with Gasteiger partial charge in [0, 0.05) is 33.3 Å². The van der Waals surface area contributed by atoms with Gasteiger partial charge in [-0.2, -0.15) is 0 Å². The number of rotatable bonds is 10. The van der Waals surface area contributed by atoms with Crippen molar-refractivity contribution >= 4 is 15.8 Å². The Kier molecular flexibility index (Phi) is 17.0. The summed E-state index contributed by atoms with van der Waals surface area (Å²) in [4.78, 5) is 0. The third-order valence-electron chi connectivity index (χ3n) is 10.3. The van der Waals surface area contributed by atoms with Crippen LogP contribution in [0.1, 0.15) is 140 Å². The van der Waals surface area contributed by atoms with Gasteiger partial charge in [0.15, 0.2) is 0 Å². The molecule has 0 aliphatic heterocycles. The first-order chi connectivity index (χ1) is 20.9. The van der Waals surface area contributed by atoms with Crippen molar-refractivity contribution in [2.24, 2.45) is 0 Å². The summed E-state index contributed by atoms with van der Waals surface area (Å²) in [5.74, 6) is 7.47. The van der Waals surface area contributed by atoms with Crippen molar-refractivity contribution in [2.45, 2.75) is 164 Å². The summed E-state index contributed by atoms with van der Waals surface area (Å²) in [7, 11) is 0.198. The third-order valence-corrected chi connectivity index (χ3v) is 16.9. The molecule has 6 rings (SSSR count). The van der Waals surface area contributed by atoms with Crippen LogP contribution in [0.25, 0.3) is 0 Å². The Morgan fingerprint density at radius 3 is 1.05 bits per heavy atom. The van der Waals surface area contributed by atoms with Gasteiger partial charge >= 0.3 is 0 Å². The van der Waals surface area contributed by atoms with Gasteiger partial charge in [-0.1, -0.05) is 117 Å². The molecule has 0 amide bonds. The number of allylic oxidation sites excluding steroid dienone is 2. The minimum absolute atomic E-state index is 0. The molecule has 2 heterocycles. The van der Waals surface area contributed by atoms with Gasteiger partial charge in [-0.05, 0) is 98.3 Å². The van der Waals surface area contributed by atoms with Crippen LogP contribution in [-0.2, 0) is 33.3 Å². The summed E-state index contributed by atoms with van der Waals surface area (Å²) in [6.07, 6.45) is 40.0. The summed E-state index contributed by atoms with van der Waals surface area (Å²) >= 11 is 0. The molecule has 0 unspecified atom stereocenters. The standard InChI is InChI=1S/2C19H29OP.Pd/c2*1-3-11-18(12-4-1)21(19-13-5-2-6-14-19)16-8-10-17-9-7-15-20-17;/h2*7-9,15-16,18-19H,1-6,10-14H2;. The third kappa shape index (κ3) is 12.0. The monoisotopic (exact) mass is 714 g/mol. The van der Waals surface area contributed by atoms with E-state index < -0.39 is 0 Å². The van der Waals surface area contributed by atoms with E-state index in [1.165, 1.54) is 128 Å². The molecule has 2 nitrogen and oxygen atoms in total. The van der Waals surface area contributed by atoms with Gasteiger partial charge in [0.25, 0.3) is 0 Å². The summed E-state index contributed by atoms with van der Waals surface area (Å²) in [6.45, 7) is 0. The maximum Gasteiger partial charge on any atom is 0.107 e. The van der Waals surface area contributed by atoms with E-state index in [4.69, 9.17) is 8.83 Å². The molecular weight excluding hydrogens is 657 g/mol. The summed E-state index contributed by atoms with van der Waals surface area (Å²) in [5, 5.41) is 0. The Morgan fingerprint density at radius 2 is 0.791 bits per heavy atom. The Labute approximate surface area is 279 Å². The van der Waals surface area contributed by atoms with Gasteiger partial charge in [0.1, 0.15) is 11.5 Å². The van der Waals surface area contributed by atoms with Crippen LogP contribution in [0.2, 0.25) is 0 Å². The molecule has 43 heavy (non-hydrogen) atoms. The molecule has 4 aliphatic rings. The zero-order chi connectivity index (χ0) is 28.7. The summed E-state index contributed by atoms with van der Waals surface area (Å²) < 4.78 is 10.9. The molecule has 2 aromatic rings. The van der Waals surface area contributed by atoms with E-state index in [9.17, 15) is 0 Å². The van der Waals surface area contributed by atoms with Crippen LogP contribution >= 0.6 is 15.8 Å². The fourth-order valence-corrected chi connectivity index (χ4v) is 14.7. The molecule has 0 spiro atoms. The molecule has 0 saturated heterocycles. The maximum atomic E-state index is 5.46. The largest absolute Gasteiger partial charge is 0.469 e. The van der Waals surface area contributed by atoms with E-state index in [0.717, 1.165) is 47.0 Å². The number of furan rings is 2. The molecule has 4 saturated carbocycles. The van der Waals surface area contributed by atoms with Crippen LogP contribution in [0.5, 0.6) is 0 Å². The molecule has 4 aliphatic carbocycles. The Balaban J connectivity index is 0.000000192. The maximum absolute atomic E-state index is 5.46. The topological polar surface area (TPSA) is 26.3 Å². The van der Waals surface area contributed by atoms with Crippen molar-refractivity contribution in [3.63, 3.8) is 0 Å². The van der Waals surface area contributed by atoms with Crippen molar-refractivity contribution in [3.8, 4) is 0 Å². The van der Waals surface area contributed by atoms with Gasteiger partial charge in [0.05, 0.1) is 12.5 Å². The quantitative estimate of drug-likeness (QED) is 0.181. The second-order valence-electron chi connectivity index (χ2n) is 13.4. The van der Waals surface area contributed by atoms with Gasteiger partial charge in [-0.3, -0.25) is 0 Å². The van der Waals surface area contributed by atoms with Crippen LogP contribution in [-0.4, -0.2) is 22.6 Å². The molecule has 4 fully saturated rings. The second-order valence-corrected chi connectivity index (χ2v) is 18.7. The van der Waals surface area contributed by atoms with Crippen LogP contribution in [0.15, 0.2) is 69.4 Å². The van der Waals surface area contributed by atoms with Crippen molar-refractivity contribution in [2.75, 3.05) is 0 Å². The minimum atomic E-state index is 0. The van der Waals surface area contributed by atoms with E-state index in [1.54, 1.807) is 12.5 Å². The van der Waals surface area contributed by atoms with Crippen molar-refractivity contribution < 1.29 is 29.3 Å². The first-order valence-corrected chi connectivity index (χ1v) is 20.9. The Bertz CT molecular complexity index is 875. The zero-order valence-corrected chi connectivity index (χ0v) is 30.0. The SMILES string of the molecule is C(=CP(C1CCCCC1)C1CCCCC1)Cc1ccco1.C(=CP(C1CCCCC1)C1CCCCC1)Cc1ccco1.[Pd]. The van der Waals surface area contributed by atoms with Gasteiger partial charge in [-0.25, -0.2) is 0 Å². The van der Waals surface area contributed by atoms with Crippen molar-refractivity contribution in [3.05, 3.63) is 72.1 Å². The molecule has 0 atom stereocenters. The Hall–Kier alpha value is -0.438. The van der Waals surface area contributed by atoms with E-state index in [-0.39, 0.29) is 36.3 Å². The van der Waals surface area contributed by atoms with E-state index in [0.29, 0.717) is 0 Å². The van der Waals surface area contributed by atoms with Gasteiger partial charge in [-0.15, -0.1) is 0 Å². The van der Waals surface area contributed by atoms with E-state index in [1.807, 2.05) is 12.1 Å². The number of hydrogen-bond donors (Lipinski definition) is 0. The molecule has 0 N–H and O–H groups in total.